The molecule has 0 fully saturated rings. The summed E-state index contributed by atoms with van der Waals surface area (Å²) in [5.74, 6) is 0. The lowest BCUT2D eigenvalue weighted by molar-refractivity contribution is 1.13. The van der Waals surface area contributed by atoms with E-state index in [-0.39, 0.29) is 0 Å². The topological polar surface area (TPSA) is 17.0 Å². The molecule has 0 amide bonds. The van der Waals surface area contributed by atoms with Gasteiger partial charge < -0.3 is 9.88 Å². The van der Waals surface area contributed by atoms with Crippen LogP contribution < -0.4 is 5.32 Å². The lowest BCUT2D eigenvalue weighted by atomic mass is 10.0. The molecule has 0 aliphatic rings. The van der Waals surface area contributed by atoms with E-state index in [1.807, 2.05) is 6.20 Å². The van der Waals surface area contributed by atoms with Crippen LogP contribution >= 0.6 is 0 Å². The molecule has 2 nitrogen and oxygen atoms in total. The Hall–Kier alpha value is -5.86. The number of allylic oxidation sites excluding steroid dienone is 4. The van der Waals surface area contributed by atoms with Gasteiger partial charge in [0.2, 0.25) is 0 Å². The van der Waals surface area contributed by atoms with Gasteiger partial charge in [-0.25, -0.2) is 0 Å². The molecule has 2 heteroatoms. The molecular weight excluding hydrogens is 532 g/mol. The number of para-hydroxylation sites is 1. The molecule has 0 aliphatic heterocycles. The van der Waals surface area contributed by atoms with Gasteiger partial charge in [0, 0.05) is 23.8 Å². The standard InChI is InChI=1S/C42H32N2/c1-2-10-32(11-3-1)33(19-20-37-15-8-14-36-12-4-6-17-41(36)37)16-9-30-43-39-25-21-34(22-26-39)35-23-27-40(28-24-35)44-31-29-38-13-5-7-18-42(38)44/h1-31,43H/b20-19-,30-9+,33-16+. The van der Waals surface area contributed by atoms with E-state index < -0.39 is 0 Å². The normalized spacial score (nSPS) is 12.0. The van der Waals surface area contributed by atoms with E-state index in [9.17, 15) is 0 Å². The van der Waals surface area contributed by atoms with Crippen molar-refractivity contribution in [3.05, 3.63) is 193 Å². The minimum atomic E-state index is 1.04. The summed E-state index contributed by atoms with van der Waals surface area (Å²) in [6.07, 6.45) is 12.7. The highest BCUT2D eigenvalue weighted by atomic mass is 15.0. The summed E-state index contributed by atoms with van der Waals surface area (Å²) in [5, 5.41) is 7.17. The van der Waals surface area contributed by atoms with Crippen molar-refractivity contribution in [3.8, 4) is 16.8 Å². The van der Waals surface area contributed by atoms with Crippen molar-refractivity contribution in [2.75, 3.05) is 5.32 Å². The first-order chi connectivity index (χ1) is 21.8. The Kier molecular flexibility index (Phi) is 7.71. The number of rotatable bonds is 8. The largest absolute Gasteiger partial charge is 0.362 e. The van der Waals surface area contributed by atoms with Crippen molar-refractivity contribution >= 4 is 39.0 Å². The molecule has 7 aromatic rings. The third-order valence-electron chi connectivity index (χ3n) is 7.96. The highest BCUT2D eigenvalue weighted by Gasteiger charge is 2.04. The number of fused-ring (bicyclic) bond motifs is 2. The Morgan fingerprint density at radius 3 is 2.07 bits per heavy atom. The van der Waals surface area contributed by atoms with Gasteiger partial charge in [0.1, 0.15) is 0 Å². The molecule has 0 bridgehead atoms. The van der Waals surface area contributed by atoms with E-state index in [0.717, 1.165) is 16.9 Å². The van der Waals surface area contributed by atoms with Gasteiger partial charge in [-0.1, -0.05) is 133 Å². The fourth-order valence-corrected chi connectivity index (χ4v) is 5.63. The van der Waals surface area contributed by atoms with E-state index in [2.05, 4.69) is 192 Å². The maximum absolute atomic E-state index is 3.42. The van der Waals surface area contributed by atoms with Crippen LogP contribution in [0, 0.1) is 0 Å². The van der Waals surface area contributed by atoms with E-state index in [1.165, 1.54) is 43.9 Å². The van der Waals surface area contributed by atoms with Crippen LogP contribution in [0.15, 0.2) is 182 Å². The zero-order chi connectivity index (χ0) is 29.6. The van der Waals surface area contributed by atoms with Gasteiger partial charge in [0.15, 0.2) is 0 Å². The van der Waals surface area contributed by atoms with Gasteiger partial charge in [0.25, 0.3) is 0 Å². The minimum absolute atomic E-state index is 1.04. The summed E-state index contributed by atoms with van der Waals surface area (Å²) in [7, 11) is 0. The third-order valence-corrected chi connectivity index (χ3v) is 7.96. The van der Waals surface area contributed by atoms with E-state index >= 15 is 0 Å². The molecule has 6 aromatic carbocycles. The zero-order valence-corrected chi connectivity index (χ0v) is 24.3. The maximum Gasteiger partial charge on any atom is 0.0528 e. The quantitative estimate of drug-likeness (QED) is 0.182. The van der Waals surface area contributed by atoms with Gasteiger partial charge in [0.05, 0.1) is 5.52 Å². The van der Waals surface area contributed by atoms with E-state index in [0.29, 0.717) is 0 Å². The Bertz CT molecular complexity index is 2100. The van der Waals surface area contributed by atoms with Crippen LogP contribution in [0.4, 0.5) is 5.69 Å². The van der Waals surface area contributed by atoms with Crippen LogP contribution in [0.5, 0.6) is 0 Å². The van der Waals surface area contributed by atoms with Crippen molar-refractivity contribution in [2.24, 2.45) is 0 Å². The maximum atomic E-state index is 3.42. The van der Waals surface area contributed by atoms with Crippen molar-refractivity contribution in [3.63, 3.8) is 0 Å². The molecule has 0 radical (unpaired) electrons. The Morgan fingerprint density at radius 1 is 0.568 bits per heavy atom. The second-order valence-corrected chi connectivity index (χ2v) is 10.8. The summed E-state index contributed by atoms with van der Waals surface area (Å²) in [5.41, 5.74) is 9.33. The molecule has 0 unspecified atom stereocenters. The summed E-state index contributed by atoms with van der Waals surface area (Å²) in [4.78, 5) is 0. The monoisotopic (exact) mass is 564 g/mol. The van der Waals surface area contributed by atoms with Crippen molar-refractivity contribution < 1.29 is 0 Å². The summed E-state index contributed by atoms with van der Waals surface area (Å²) >= 11 is 0. The van der Waals surface area contributed by atoms with Gasteiger partial charge in [-0.05, 0) is 86.5 Å². The Balaban J connectivity index is 1.05. The number of hydrogen-bond donors (Lipinski definition) is 1. The summed E-state index contributed by atoms with van der Waals surface area (Å²) in [6.45, 7) is 0. The molecule has 0 atom stereocenters. The SMILES string of the molecule is C(=C/c1cccc2ccccc12)/C(=C\C=C\Nc1ccc(-c2ccc(-n3ccc4ccccc43)cc2)cc1)c1ccccc1. The predicted molar refractivity (Wildman–Crippen MR) is 189 cm³/mol. The molecule has 1 N–H and O–H groups in total. The average molecular weight is 565 g/mol. The Morgan fingerprint density at radius 2 is 1.25 bits per heavy atom. The molecule has 0 saturated carbocycles. The van der Waals surface area contributed by atoms with Crippen molar-refractivity contribution in [1.82, 2.24) is 4.57 Å². The molecular formula is C42H32N2. The number of nitrogens with one attached hydrogen (secondary N) is 1. The first kappa shape index (κ1) is 27.0. The van der Waals surface area contributed by atoms with Gasteiger partial charge in [-0.15, -0.1) is 0 Å². The first-order valence-corrected chi connectivity index (χ1v) is 14.9. The van der Waals surface area contributed by atoms with E-state index in [4.69, 9.17) is 0 Å². The molecule has 7 rings (SSSR count). The zero-order valence-electron chi connectivity index (χ0n) is 24.3. The molecule has 210 valence electrons. The van der Waals surface area contributed by atoms with Crippen LogP contribution in [0.25, 0.3) is 50.1 Å². The molecule has 0 saturated heterocycles. The van der Waals surface area contributed by atoms with Crippen LogP contribution in [0.2, 0.25) is 0 Å². The van der Waals surface area contributed by atoms with Crippen LogP contribution in [-0.4, -0.2) is 4.57 Å². The average Bonchev–Trinajstić information content (AvgIpc) is 3.53. The first-order valence-electron chi connectivity index (χ1n) is 14.9. The second kappa shape index (κ2) is 12.6. The predicted octanol–water partition coefficient (Wildman–Crippen LogP) is 11.2. The van der Waals surface area contributed by atoms with Crippen molar-refractivity contribution in [1.29, 1.82) is 0 Å². The number of hydrogen-bond acceptors (Lipinski definition) is 1. The third kappa shape index (κ3) is 5.88. The molecule has 1 aromatic heterocycles. The number of benzene rings is 6. The molecule has 44 heavy (non-hydrogen) atoms. The minimum Gasteiger partial charge on any atom is -0.362 e. The molecule has 0 aliphatic carbocycles. The summed E-state index contributed by atoms with van der Waals surface area (Å²) in [6, 6.07) is 53.4. The van der Waals surface area contributed by atoms with Crippen LogP contribution in [-0.2, 0) is 0 Å². The van der Waals surface area contributed by atoms with Gasteiger partial charge >= 0.3 is 0 Å². The molecule has 0 spiro atoms. The van der Waals surface area contributed by atoms with Crippen LogP contribution in [0.3, 0.4) is 0 Å². The smallest absolute Gasteiger partial charge is 0.0528 e. The summed E-state index contributed by atoms with van der Waals surface area (Å²) < 4.78 is 2.23. The van der Waals surface area contributed by atoms with Crippen LogP contribution in [0.1, 0.15) is 11.1 Å². The fraction of sp³-hybridized carbons (Fsp3) is 0. The van der Waals surface area contributed by atoms with E-state index in [1.54, 1.807) is 0 Å². The Labute approximate surface area is 258 Å². The van der Waals surface area contributed by atoms with Crippen molar-refractivity contribution in [2.45, 2.75) is 0 Å². The van der Waals surface area contributed by atoms with Gasteiger partial charge in [-0.2, -0.15) is 0 Å². The fourth-order valence-electron chi connectivity index (χ4n) is 5.63. The second-order valence-electron chi connectivity index (χ2n) is 10.8. The highest BCUT2D eigenvalue weighted by Crippen LogP contribution is 2.26. The highest BCUT2D eigenvalue weighted by molar-refractivity contribution is 5.92. The molecule has 1 heterocycles. The lowest BCUT2D eigenvalue weighted by Gasteiger charge is -2.08. The number of aromatic nitrogens is 1. The van der Waals surface area contributed by atoms with Gasteiger partial charge in [-0.3, -0.25) is 0 Å². The number of anilines is 1. The lowest BCUT2D eigenvalue weighted by Crippen LogP contribution is -1.91. The number of nitrogens with zero attached hydrogens (tertiary/aromatic N) is 1.